The molecule has 1 aliphatic heterocycles. The van der Waals surface area contributed by atoms with Crippen LogP contribution in [0.1, 0.15) is 11.1 Å². The molecule has 21 heavy (non-hydrogen) atoms. The van der Waals surface area contributed by atoms with Crippen molar-refractivity contribution in [1.29, 1.82) is 0 Å². The van der Waals surface area contributed by atoms with Gasteiger partial charge in [0.2, 0.25) is 0 Å². The molecule has 0 aliphatic carbocycles. The summed E-state index contributed by atoms with van der Waals surface area (Å²) in [7, 11) is 1.84. The summed E-state index contributed by atoms with van der Waals surface area (Å²) in [6.45, 7) is 0.477. The SMILES string of the molecule is Cn1cnnc1SCc1cc([N+](=O)[O-])cc2c1OCOC2. The number of aryl methyl sites for hydroxylation is 1. The van der Waals surface area contributed by atoms with E-state index in [4.69, 9.17) is 9.47 Å². The summed E-state index contributed by atoms with van der Waals surface area (Å²) >= 11 is 1.45. The highest BCUT2D eigenvalue weighted by atomic mass is 32.2. The van der Waals surface area contributed by atoms with Crippen LogP contribution in [0, 0.1) is 10.1 Å². The van der Waals surface area contributed by atoms with E-state index in [0.717, 1.165) is 10.7 Å². The van der Waals surface area contributed by atoms with Crippen LogP contribution in [0.25, 0.3) is 0 Å². The average Bonchev–Trinajstić information content (AvgIpc) is 2.89. The van der Waals surface area contributed by atoms with Gasteiger partial charge in [0.05, 0.1) is 11.5 Å². The molecule has 0 radical (unpaired) electrons. The van der Waals surface area contributed by atoms with Gasteiger partial charge in [0.25, 0.3) is 5.69 Å². The van der Waals surface area contributed by atoms with E-state index in [0.29, 0.717) is 23.7 Å². The maximum atomic E-state index is 11.0. The Hall–Kier alpha value is -2.13. The Kier molecular flexibility index (Phi) is 3.76. The van der Waals surface area contributed by atoms with Gasteiger partial charge in [0, 0.05) is 36.1 Å². The molecule has 0 atom stereocenters. The largest absolute Gasteiger partial charge is 0.467 e. The highest BCUT2D eigenvalue weighted by Crippen LogP contribution is 2.35. The third kappa shape index (κ3) is 2.83. The maximum absolute atomic E-state index is 11.0. The Labute approximate surface area is 124 Å². The molecule has 9 heteroatoms. The smallest absolute Gasteiger partial charge is 0.270 e. The molecule has 0 saturated heterocycles. The first-order valence-corrected chi connectivity index (χ1v) is 7.11. The average molecular weight is 308 g/mol. The fourth-order valence-electron chi connectivity index (χ4n) is 2.04. The minimum Gasteiger partial charge on any atom is -0.467 e. The summed E-state index contributed by atoms with van der Waals surface area (Å²) in [5, 5.41) is 19.5. The van der Waals surface area contributed by atoms with E-state index in [1.165, 1.54) is 23.9 Å². The number of nitro benzene ring substituents is 1. The zero-order valence-corrected chi connectivity index (χ0v) is 12.0. The van der Waals surface area contributed by atoms with Gasteiger partial charge >= 0.3 is 0 Å². The lowest BCUT2D eigenvalue weighted by Gasteiger charge is -2.20. The van der Waals surface area contributed by atoms with Crippen molar-refractivity contribution >= 4 is 17.4 Å². The number of hydrogen-bond donors (Lipinski definition) is 0. The number of nitro groups is 1. The number of non-ortho nitro benzene ring substituents is 1. The van der Waals surface area contributed by atoms with E-state index in [-0.39, 0.29) is 12.5 Å². The molecular formula is C12H12N4O4S. The van der Waals surface area contributed by atoms with Crippen molar-refractivity contribution in [3.05, 3.63) is 39.7 Å². The van der Waals surface area contributed by atoms with Crippen LogP contribution in [0.3, 0.4) is 0 Å². The number of fused-ring (bicyclic) bond motifs is 1. The lowest BCUT2D eigenvalue weighted by molar-refractivity contribution is -0.385. The summed E-state index contributed by atoms with van der Waals surface area (Å²) in [5.74, 6) is 1.18. The number of nitrogens with zero attached hydrogens (tertiary/aromatic N) is 4. The predicted octanol–water partition coefficient (Wildman–Crippen LogP) is 1.88. The van der Waals surface area contributed by atoms with Gasteiger partial charge in [-0.2, -0.15) is 0 Å². The summed E-state index contributed by atoms with van der Waals surface area (Å²) in [5.41, 5.74) is 1.50. The quantitative estimate of drug-likeness (QED) is 0.483. The summed E-state index contributed by atoms with van der Waals surface area (Å²) in [6, 6.07) is 3.03. The van der Waals surface area contributed by atoms with Gasteiger partial charge < -0.3 is 14.0 Å². The van der Waals surface area contributed by atoms with Crippen molar-refractivity contribution in [3.63, 3.8) is 0 Å². The zero-order valence-electron chi connectivity index (χ0n) is 11.2. The topological polar surface area (TPSA) is 92.3 Å². The van der Waals surface area contributed by atoms with Crippen molar-refractivity contribution in [2.24, 2.45) is 7.05 Å². The van der Waals surface area contributed by atoms with Gasteiger partial charge in [-0.3, -0.25) is 10.1 Å². The van der Waals surface area contributed by atoms with Gasteiger partial charge in [0.15, 0.2) is 11.9 Å². The fourth-order valence-corrected chi connectivity index (χ4v) is 2.89. The van der Waals surface area contributed by atoms with Gasteiger partial charge in [-0.1, -0.05) is 11.8 Å². The molecule has 2 aromatic rings. The molecule has 1 aliphatic rings. The fraction of sp³-hybridized carbons (Fsp3) is 0.333. The standard InChI is InChI=1S/C12H12N4O4S/c1-15-6-13-14-12(15)21-5-9-3-10(16(17)18)2-8-4-19-7-20-11(8)9/h2-3,6H,4-5,7H2,1H3. The van der Waals surface area contributed by atoms with Crippen LogP contribution in [-0.4, -0.2) is 26.5 Å². The van der Waals surface area contributed by atoms with Gasteiger partial charge in [-0.05, 0) is 0 Å². The van der Waals surface area contributed by atoms with Crippen molar-refractivity contribution in [1.82, 2.24) is 14.8 Å². The molecule has 3 rings (SSSR count). The summed E-state index contributed by atoms with van der Waals surface area (Å²) in [6.07, 6.45) is 1.61. The Bertz CT molecular complexity index is 688. The molecular weight excluding hydrogens is 296 g/mol. The third-order valence-electron chi connectivity index (χ3n) is 3.01. The zero-order chi connectivity index (χ0) is 14.8. The molecule has 1 aromatic heterocycles. The molecule has 0 bridgehead atoms. The third-order valence-corrected chi connectivity index (χ3v) is 4.09. The molecule has 0 amide bonds. The lowest BCUT2D eigenvalue weighted by atomic mass is 10.1. The lowest BCUT2D eigenvalue weighted by Crippen LogP contribution is -2.13. The molecule has 0 unspecified atom stereocenters. The van der Waals surface area contributed by atoms with E-state index in [2.05, 4.69) is 10.2 Å². The van der Waals surface area contributed by atoms with Gasteiger partial charge in [-0.25, -0.2) is 0 Å². The van der Waals surface area contributed by atoms with Gasteiger partial charge in [-0.15, -0.1) is 10.2 Å². The van der Waals surface area contributed by atoms with Crippen LogP contribution in [0.4, 0.5) is 5.69 Å². The highest BCUT2D eigenvalue weighted by molar-refractivity contribution is 7.98. The maximum Gasteiger partial charge on any atom is 0.270 e. The first-order chi connectivity index (χ1) is 10.1. The number of ether oxygens (including phenoxy) is 2. The highest BCUT2D eigenvalue weighted by Gasteiger charge is 2.21. The normalized spacial score (nSPS) is 13.6. The van der Waals surface area contributed by atoms with Crippen molar-refractivity contribution < 1.29 is 14.4 Å². The van der Waals surface area contributed by atoms with E-state index in [1.807, 2.05) is 7.05 Å². The monoisotopic (exact) mass is 308 g/mol. The number of hydrogen-bond acceptors (Lipinski definition) is 7. The Morgan fingerprint density at radius 3 is 3.10 bits per heavy atom. The molecule has 1 aromatic carbocycles. The van der Waals surface area contributed by atoms with Crippen LogP contribution in [0.5, 0.6) is 5.75 Å². The number of aromatic nitrogens is 3. The number of thioether (sulfide) groups is 1. The second-order valence-corrected chi connectivity index (χ2v) is 5.42. The molecule has 0 spiro atoms. The molecule has 0 N–H and O–H groups in total. The summed E-state index contributed by atoms with van der Waals surface area (Å²) in [4.78, 5) is 10.6. The van der Waals surface area contributed by atoms with Crippen LogP contribution in [0.15, 0.2) is 23.6 Å². The first kappa shape index (κ1) is 13.8. The second kappa shape index (κ2) is 5.70. The first-order valence-electron chi connectivity index (χ1n) is 6.12. The minimum absolute atomic E-state index is 0.0383. The van der Waals surface area contributed by atoms with Crippen molar-refractivity contribution in [2.75, 3.05) is 6.79 Å². The van der Waals surface area contributed by atoms with E-state index < -0.39 is 4.92 Å². The van der Waals surface area contributed by atoms with Crippen LogP contribution < -0.4 is 4.74 Å². The molecule has 2 heterocycles. The number of rotatable bonds is 4. The predicted molar refractivity (Wildman–Crippen MR) is 73.9 cm³/mol. The molecule has 110 valence electrons. The summed E-state index contributed by atoms with van der Waals surface area (Å²) < 4.78 is 12.5. The Morgan fingerprint density at radius 2 is 2.38 bits per heavy atom. The second-order valence-electron chi connectivity index (χ2n) is 4.47. The molecule has 0 saturated carbocycles. The van der Waals surface area contributed by atoms with Crippen LogP contribution in [0.2, 0.25) is 0 Å². The Morgan fingerprint density at radius 1 is 1.52 bits per heavy atom. The van der Waals surface area contributed by atoms with E-state index >= 15 is 0 Å². The Balaban J connectivity index is 1.90. The molecule has 0 fully saturated rings. The van der Waals surface area contributed by atoms with E-state index in [1.54, 1.807) is 10.9 Å². The van der Waals surface area contributed by atoms with E-state index in [9.17, 15) is 10.1 Å². The van der Waals surface area contributed by atoms with Crippen molar-refractivity contribution in [2.45, 2.75) is 17.5 Å². The number of benzene rings is 1. The van der Waals surface area contributed by atoms with Gasteiger partial charge in [0.1, 0.15) is 12.1 Å². The van der Waals surface area contributed by atoms with Crippen LogP contribution in [-0.2, 0) is 24.1 Å². The van der Waals surface area contributed by atoms with Crippen LogP contribution >= 0.6 is 11.8 Å². The molecule has 8 nitrogen and oxygen atoms in total. The van der Waals surface area contributed by atoms with Crippen molar-refractivity contribution in [3.8, 4) is 5.75 Å². The minimum atomic E-state index is -0.411.